The molecule has 0 aliphatic carbocycles. The first-order chi connectivity index (χ1) is 16.4. The average Bonchev–Trinajstić information content (AvgIpc) is 2.84. The molecule has 2 N–H and O–H groups in total. The molecule has 0 bridgehead atoms. The lowest BCUT2D eigenvalue weighted by Crippen LogP contribution is -2.43. The second-order valence-electron chi connectivity index (χ2n) is 6.95. The molecule has 1 saturated heterocycles. The number of hydrogen-bond donors (Lipinski definition) is 2. The quantitative estimate of drug-likeness (QED) is 0.317. The fourth-order valence-electron chi connectivity index (χ4n) is 2.95. The first kappa shape index (κ1) is 25.1. The molecule has 3 amide bonds. The van der Waals surface area contributed by atoms with Crippen molar-refractivity contribution < 1.29 is 33.0 Å². The number of hydrogen-bond acceptors (Lipinski definition) is 7. The van der Waals surface area contributed by atoms with Crippen molar-refractivity contribution in [1.82, 2.24) is 10.3 Å². The number of anilines is 1. The number of carbonyl (C=O) groups is 3. The van der Waals surface area contributed by atoms with Gasteiger partial charge in [0, 0.05) is 13.1 Å². The van der Waals surface area contributed by atoms with Gasteiger partial charge in [-0.25, -0.2) is 9.82 Å². The van der Waals surface area contributed by atoms with E-state index in [1.807, 2.05) is 0 Å². The average molecular weight is 537 g/mol. The van der Waals surface area contributed by atoms with Crippen LogP contribution in [0.1, 0.15) is 5.56 Å². The van der Waals surface area contributed by atoms with Crippen LogP contribution in [-0.2, 0) is 19.1 Å². The summed E-state index contributed by atoms with van der Waals surface area (Å²) in [7, 11) is 1.44. The molecular formula is C22H22BrFN4O6. The Morgan fingerprint density at radius 1 is 1.21 bits per heavy atom. The topological polar surface area (TPSA) is 119 Å². The molecule has 12 heteroatoms. The van der Waals surface area contributed by atoms with Crippen LogP contribution in [0, 0.1) is 5.82 Å². The molecule has 0 spiro atoms. The summed E-state index contributed by atoms with van der Waals surface area (Å²) in [6.45, 7) is 1.84. The number of nitrogens with zero attached hydrogens (tertiary/aromatic N) is 2. The molecule has 1 aliphatic heterocycles. The Labute approximate surface area is 203 Å². The highest BCUT2D eigenvalue weighted by molar-refractivity contribution is 9.10. The van der Waals surface area contributed by atoms with E-state index in [-0.39, 0.29) is 18.2 Å². The van der Waals surface area contributed by atoms with Crippen molar-refractivity contribution in [3.8, 4) is 11.5 Å². The summed E-state index contributed by atoms with van der Waals surface area (Å²) in [5.41, 5.74) is 2.45. The normalized spacial score (nSPS) is 13.4. The van der Waals surface area contributed by atoms with E-state index >= 15 is 0 Å². The lowest BCUT2D eigenvalue weighted by molar-refractivity contribution is -0.137. The molecule has 10 nitrogen and oxygen atoms in total. The first-order valence-corrected chi connectivity index (χ1v) is 10.9. The number of carbonyl (C=O) groups excluding carboxylic acids is 3. The van der Waals surface area contributed by atoms with Gasteiger partial charge in [-0.2, -0.15) is 5.10 Å². The van der Waals surface area contributed by atoms with E-state index in [0.29, 0.717) is 47.8 Å². The van der Waals surface area contributed by atoms with Crippen LogP contribution < -0.4 is 20.2 Å². The predicted molar refractivity (Wildman–Crippen MR) is 124 cm³/mol. The first-order valence-electron chi connectivity index (χ1n) is 10.1. The zero-order chi connectivity index (χ0) is 24.5. The number of halogens is 2. The zero-order valence-electron chi connectivity index (χ0n) is 18.2. The minimum atomic E-state index is -1.08. The smallest absolute Gasteiger partial charge is 0.329 e. The van der Waals surface area contributed by atoms with Crippen LogP contribution in [0.2, 0.25) is 0 Å². The minimum Gasteiger partial charge on any atom is -0.493 e. The summed E-state index contributed by atoms with van der Waals surface area (Å²) in [6, 6.07) is 8.67. The van der Waals surface area contributed by atoms with Crippen molar-refractivity contribution in [2.24, 2.45) is 5.10 Å². The zero-order valence-corrected chi connectivity index (χ0v) is 19.8. The Morgan fingerprint density at radius 3 is 2.65 bits per heavy atom. The lowest BCUT2D eigenvalue weighted by atomic mass is 10.2. The second-order valence-corrected chi connectivity index (χ2v) is 7.80. The Balaban J connectivity index is 1.58. The van der Waals surface area contributed by atoms with Crippen molar-refractivity contribution in [2.75, 3.05) is 45.3 Å². The van der Waals surface area contributed by atoms with Crippen molar-refractivity contribution in [3.63, 3.8) is 0 Å². The molecule has 0 saturated carbocycles. The van der Waals surface area contributed by atoms with E-state index in [1.165, 1.54) is 31.5 Å². The monoisotopic (exact) mass is 536 g/mol. The van der Waals surface area contributed by atoms with Gasteiger partial charge >= 0.3 is 11.8 Å². The Morgan fingerprint density at radius 2 is 1.94 bits per heavy atom. The SMILES string of the molecule is COc1cc(/C=N\NC(=O)C(=O)Nc2ccccc2F)cc(Br)c1OCC(=O)N1CCOCC1. The van der Waals surface area contributed by atoms with Crippen LogP contribution in [0.4, 0.5) is 10.1 Å². The largest absolute Gasteiger partial charge is 0.493 e. The Bertz CT molecular complexity index is 1090. The number of morpholine rings is 1. The molecule has 1 aliphatic rings. The second kappa shape index (κ2) is 12.1. The van der Waals surface area contributed by atoms with E-state index in [4.69, 9.17) is 14.2 Å². The van der Waals surface area contributed by atoms with Crippen molar-refractivity contribution in [2.45, 2.75) is 0 Å². The number of rotatable bonds is 7. The summed E-state index contributed by atoms with van der Waals surface area (Å²) in [5, 5.41) is 5.90. The van der Waals surface area contributed by atoms with E-state index < -0.39 is 17.6 Å². The molecule has 3 rings (SSSR count). The Hall–Kier alpha value is -3.51. The molecule has 2 aromatic rings. The third kappa shape index (κ3) is 6.75. The van der Waals surface area contributed by atoms with Gasteiger partial charge in [0.15, 0.2) is 18.1 Å². The van der Waals surface area contributed by atoms with Crippen molar-refractivity contribution in [3.05, 3.63) is 52.3 Å². The van der Waals surface area contributed by atoms with E-state index in [1.54, 1.807) is 17.0 Å². The van der Waals surface area contributed by atoms with E-state index in [0.717, 1.165) is 6.07 Å². The summed E-state index contributed by atoms with van der Waals surface area (Å²) in [5.74, 6) is -2.33. The van der Waals surface area contributed by atoms with Gasteiger partial charge in [-0.05, 0) is 45.8 Å². The molecule has 0 unspecified atom stereocenters. The fraction of sp³-hybridized carbons (Fsp3) is 0.273. The predicted octanol–water partition coefficient (Wildman–Crippen LogP) is 1.92. The fourth-order valence-corrected chi connectivity index (χ4v) is 3.52. The highest BCUT2D eigenvalue weighted by atomic mass is 79.9. The maximum Gasteiger partial charge on any atom is 0.329 e. The molecule has 0 aromatic heterocycles. The summed E-state index contributed by atoms with van der Waals surface area (Å²) in [6.07, 6.45) is 1.28. The van der Waals surface area contributed by atoms with Crippen molar-refractivity contribution >= 4 is 45.6 Å². The summed E-state index contributed by atoms with van der Waals surface area (Å²) >= 11 is 3.37. The molecule has 1 heterocycles. The van der Waals surface area contributed by atoms with Gasteiger partial charge in [0.25, 0.3) is 5.91 Å². The van der Waals surface area contributed by atoms with Crippen LogP contribution in [-0.4, -0.2) is 68.9 Å². The molecule has 1 fully saturated rings. The van der Waals surface area contributed by atoms with Crippen LogP contribution in [0.25, 0.3) is 0 Å². The van der Waals surface area contributed by atoms with Crippen LogP contribution in [0.5, 0.6) is 11.5 Å². The van der Waals surface area contributed by atoms with Crippen LogP contribution in [0.15, 0.2) is 46.0 Å². The van der Waals surface area contributed by atoms with Gasteiger partial charge in [-0.15, -0.1) is 0 Å². The summed E-state index contributed by atoms with van der Waals surface area (Å²) in [4.78, 5) is 37.8. The van der Waals surface area contributed by atoms with Crippen molar-refractivity contribution in [1.29, 1.82) is 0 Å². The van der Waals surface area contributed by atoms with E-state index in [9.17, 15) is 18.8 Å². The molecule has 180 valence electrons. The number of methoxy groups -OCH3 is 1. The maximum absolute atomic E-state index is 13.6. The highest BCUT2D eigenvalue weighted by Gasteiger charge is 2.19. The standard InChI is InChI=1S/C22H22BrFN4O6/c1-32-18-11-14(10-15(23)20(18)34-13-19(29)28-6-8-33-9-7-28)12-25-27-22(31)21(30)26-17-5-3-2-4-16(17)24/h2-5,10-12H,6-9,13H2,1H3,(H,26,30)(H,27,31)/b25-12-. The minimum absolute atomic E-state index is 0.122. The highest BCUT2D eigenvalue weighted by Crippen LogP contribution is 2.36. The molecule has 2 aromatic carbocycles. The lowest BCUT2D eigenvalue weighted by Gasteiger charge is -2.26. The van der Waals surface area contributed by atoms with Gasteiger partial charge in [-0.1, -0.05) is 12.1 Å². The van der Waals surface area contributed by atoms with Gasteiger partial charge in [0.05, 0.1) is 36.7 Å². The van der Waals surface area contributed by atoms with Crippen LogP contribution >= 0.6 is 15.9 Å². The molecule has 34 heavy (non-hydrogen) atoms. The summed E-state index contributed by atoms with van der Waals surface area (Å²) < 4.78 is 30.3. The number of hydrazone groups is 1. The van der Waals surface area contributed by atoms with E-state index in [2.05, 4.69) is 31.8 Å². The number of ether oxygens (including phenoxy) is 3. The van der Waals surface area contributed by atoms with Gasteiger partial charge < -0.3 is 24.4 Å². The number of benzene rings is 2. The maximum atomic E-state index is 13.6. The van der Waals surface area contributed by atoms with Gasteiger partial charge in [0.1, 0.15) is 5.82 Å². The molecule has 0 radical (unpaired) electrons. The Kier molecular flexibility index (Phi) is 8.93. The third-order valence-corrected chi connectivity index (χ3v) is 5.25. The van der Waals surface area contributed by atoms with Gasteiger partial charge in [0.2, 0.25) is 0 Å². The third-order valence-electron chi connectivity index (χ3n) is 4.66. The number of nitrogens with one attached hydrogen (secondary N) is 2. The van der Waals surface area contributed by atoms with Gasteiger partial charge in [-0.3, -0.25) is 14.4 Å². The molecule has 0 atom stereocenters. The number of amides is 3. The van der Waals surface area contributed by atoms with Crippen LogP contribution in [0.3, 0.4) is 0 Å². The molecular weight excluding hydrogens is 515 g/mol. The number of para-hydroxylation sites is 1.